The van der Waals surface area contributed by atoms with Crippen molar-refractivity contribution in [3.63, 3.8) is 0 Å². The number of rotatable bonds is 9. The topological polar surface area (TPSA) is 211 Å². The molecule has 18 heteroatoms. The number of carbonyl (C=O) groups excluding carboxylic acids is 5. The van der Waals surface area contributed by atoms with E-state index in [1.54, 1.807) is 29.7 Å². The average Bonchev–Trinajstić information content (AvgIpc) is 4.00. The van der Waals surface area contributed by atoms with E-state index < -0.39 is 29.7 Å². The van der Waals surface area contributed by atoms with Crippen molar-refractivity contribution in [2.24, 2.45) is 5.41 Å². The molecule has 0 radical (unpaired) electrons. The molecule has 17 nitrogen and oxygen atoms in total. The Morgan fingerprint density at radius 3 is 2.48 bits per heavy atom. The average molecular weight is 853 g/mol. The first kappa shape index (κ1) is 39.5. The quantitative estimate of drug-likeness (QED) is 0.179. The molecule has 3 N–H and O–H groups in total. The van der Waals surface area contributed by atoms with E-state index in [9.17, 15) is 29.2 Å². The summed E-state index contributed by atoms with van der Waals surface area (Å²) in [5.41, 5.74) is 4.56. The number of piperidine rings is 2. The van der Waals surface area contributed by atoms with E-state index in [0.717, 1.165) is 108 Å². The first-order chi connectivity index (χ1) is 30.1. The zero-order chi connectivity index (χ0) is 42.7. The maximum Gasteiger partial charge on any atom is 0.262 e. The Labute approximate surface area is 360 Å². The van der Waals surface area contributed by atoms with E-state index in [-0.39, 0.29) is 41.7 Å². The number of likely N-dealkylation sites (tertiary alicyclic amines) is 1. The van der Waals surface area contributed by atoms with Crippen molar-refractivity contribution in [2.45, 2.75) is 69.4 Å². The largest absolute Gasteiger partial charge is 0.387 e. The van der Waals surface area contributed by atoms with Gasteiger partial charge in [0.2, 0.25) is 17.7 Å². The number of benzene rings is 1. The van der Waals surface area contributed by atoms with Crippen LogP contribution in [0.1, 0.15) is 88.6 Å². The number of amides is 5. The lowest BCUT2D eigenvalue weighted by Crippen LogP contribution is -2.62. The Morgan fingerprint density at radius 2 is 1.73 bits per heavy atom. The minimum absolute atomic E-state index is 0.0637. The maximum atomic E-state index is 13.4. The predicted octanol–water partition coefficient (Wildman–Crippen LogP) is 4.00. The van der Waals surface area contributed by atoms with E-state index in [1.165, 1.54) is 0 Å². The first-order valence-corrected chi connectivity index (χ1v) is 21.9. The molecule has 3 saturated heterocycles. The van der Waals surface area contributed by atoms with Gasteiger partial charge in [-0.25, -0.2) is 9.97 Å². The summed E-state index contributed by atoms with van der Waals surface area (Å²) in [6.45, 7) is 3.73. The monoisotopic (exact) mass is 852 g/mol. The SMILES string of the molecule is CNc1cc(-n2ccc3cc(C#N)cnc32)ncc1-c1nnc(C2CCC(NC(=O)CN3CC4(CCN(c5ccc6c(c5)C(=O)N(C5CCC(=O)NC5=O)C6=O)CC4)C3)CC2)s1. The zero-order valence-corrected chi connectivity index (χ0v) is 34.9. The van der Waals surface area contributed by atoms with Gasteiger partial charge in [0.05, 0.1) is 28.8 Å². The van der Waals surface area contributed by atoms with Crippen LogP contribution in [0.2, 0.25) is 0 Å². The van der Waals surface area contributed by atoms with Crippen molar-refractivity contribution in [1.82, 2.24) is 45.2 Å². The van der Waals surface area contributed by atoms with Gasteiger partial charge in [-0.2, -0.15) is 5.26 Å². The van der Waals surface area contributed by atoms with E-state index in [4.69, 9.17) is 4.98 Å². The molecule has 62 heavy (non-hydrogen) atoms. The fourth-order valence-corrected chi connectivity index (χ4v) is 11.0. The molecule has 4 aromatic heterocycles. The van der Waals surface area contributed by atoms with Gasteiger partial charge in [-0.15, -0.1) is 10.2 Å². The Hall–Kier alpha value is -6.58. The normalized spacial score (nSPS) is 22.4. The van der Waals surface area contributed by atoms with E-state index in [2.05, 4.69) is 47.0 Å². The van der Waals surface area contributed by atoms with Crippen LogP contribution in [0.15, 0.2) is 55.0 Å². The molecule has 1 atom stereocenters. The molecule has 1 unspecified atom stereocenters. The molecule has 1 spiro atoms. The summed E-state index contributed by atoms with van der Waals surface area (Å²) < 4.78 is 1.90. The standard InChI is InChI=1S/C44H44N12O5S/c1-46-33-18-35(55-13-10-27-16-25(19-45)20-48-38(27)55)47-21-32(33)41-52-51-40(62-41)26-2-4-28(5-3-26)49-37(58)22-53-23-44(24-53)11-14-54(15-12-44)29-6-7-30-31(17-29)43(61)56(42(30)60)34-8-9-36(57)50-39(34)59/h6-7,10,13,16-18,20-21,26,28,34H,2-5,8-9,11-12,14-15,22-24H2,1H3,(H,46,47)(H,49,58)(H,50,57,59). The molecule has 1 aromatic carbocycles. The van der Waals surface area contributed by atoms with Gasteiger partial charge in [0.15, 0.2) is 5.01 Å². The molecule has 10 rings (SSSR count). The van der Waals surface area contributed by atoms with Crippen LogP contribution < -0.4 is 20.9 Å². The van der Waals surface area contributed by atoms with Gasteiger partial charge in [0.1, 0.15) is 28.6 Å². The number of aromatic nitrogens is 5. The predicted molar refractivity (Wildman–Crippen MR) is 229 cm³/mol. The Bertz CT molecular complexity index is 2700. The van der Waals surface area contributed by atoms with Crippen LogP contribution in [0.4, 0.5) is 11.4 Å². The molecule has 1 saturated carbocycles. The minimum atomic E-state index is -0.985. The lowest BCUT2D eigenvalue weighted by atomic mass is 9.72. The second-order valence-electron chi connectivity index (χ2n) is 17.1. The van der Waals surface area contributed by atoms with Gasteiger partial charge in [0.25, 0.3) is 11.8 Å². The molecule has 8 heterocycles. The number of nitrogens with one attached hydrogen (secondary N) is 3. The van der Waals surface area contributed by atoms with Crippen molar-refractivity contribution < 1.29 is 24.0 Å². The van der Waals surface area contributed by atoms with Crippen LogP contribution >= 0.6 is 11.3 Å². The number of fused-ring (bicyclic) bond motifs is 2. The summed E-state index contributed by atoms with van der Waals surface area (Å²) in [5.74, 6) is -0.974. The minimum Gasteiger partial charge on any atom is -0.387 e. The third-order valence-electron chi connectivity index (χ3n) is 13.3. The molecular formula is C44H44N12O5S. The van der Waals surface area contributed by atoms with Crippen LogP contribution in [0, 0.1) is 16.7 Å². The van der Waals surface area contributed by atoms with Crippen LogP contribution in [-0.4, -0.2) is 116 Å². The Morgan fingerprint density at radius 1 is 0.935 bits per heavy atom. The lowest BCUT2D eigenvalue weighted by molar-refractivity contribution is -0.136. The maximum absolute atomic E-state index is 13.4. The molecule has 5 amide bonds. The second-order valence-corrected chi connectivity index (χ2v) is 18.2. The number of hydrogen-bond acceptors (Lipinski definition) is 14. The Balaban J connectivity index is 0.680. The zero-order valence-electron chi connectivity index (χ0n) is 34.1. The summed E-state index contributed by atoms with van der Waals surface area (Å²) in [4.78, 5) is 78.4. The van der Waals surface area contributed by atoms with Crippen molar-refractivity contribution in [1.29, 1.82) is 5.26 Å². The van der Waals surface area contributed by atoms with Crippen molar-refractivity contribution in [3.8, 4) is 22.5 Å². The Kier molecular flexibility index (Phi) is 10.0. The summed E-state index contributed by atoms with van der Waals surface area (Å²) >= 11 is 1.59. The van der Waals surface area contributed by atoms with Crippen molar-refractivity contribution in [2.75, 3.05) is 50.0 Å². The van der Waals surface area contributed by atoms with Crippen LogP contribution in [-0.2, 0) is 14.4 Å². The molecule has 5 aromatic rings. The first-order valence-electron chi connectivity index (χ1n) is 21.1. The highest BCUT2D eigenvalue weighted by molar-refractivity contribution is 7.14. The number of imide groups is 2. The highest BCUT2D eigenvalue weighted by Crippen LogP contribution is 2.43. The van der Waals surface area contributed by atoms with Crippen LogP contribution in [0.25, 0.3) is 27.4 Å². The number of nitrogens with zero attached hydrogens (tertiary/aromatic N) is 9. The highest BCUT2D eigenvalue weighted by atomic mass is 32.1. The summed E-state index contributed by atoms with van der Waals surface area (Å²) in [6.07, 6.45) is 11.0. The molecule has 316 valence electrons. The van der Waals surface area contributed by atoms with Gasteiger partial charge < -0.3 is 15.5 Å². The smallest absolute Gasteiger partial charge is 0.262 e. The number of anilines is 2. The van der Waals surface area contributed by atoms with Crippen molar-refractivity contribution >= 4 is 63.3 Å². The van der Waals surface area contributed by atoms with Crippen LogP contribution in [0.3, 0.4) is 0 Å². The number of nitriles is 1. The van der Waals surface area contributed by atoms with E-state index in [0.29, 0.717) is 23.5 Å². The van der Waals surface area contributed by atoms with E-state index in [1.807, 2.05) is 48.3 Å². The van der Waals surface area contributed by atoms with Gasteiger partial charge in [-0.05, 0) is 80.7 Å². The number of pyridine rings is 2. The summed E-state index contributed by atoms with van der Waals surface area (Å²) in [7, 11) is 1.87. The van der Waals surface area contributed by atoms with Crippen molar-refractivity contribution in [3.05, 3.63) is 76.7 Å². The van der Waals surface area contributed by atoms with Crippen LogP contribution in [0.5, 0.6) is 0 Å². The summed E-state index contributed by atoms with van der Waals surface area (Å²) in [5, 5.41) is 29.9. The van der Waals surface area contributed by atoms with E-state index >= 15 is 0 Å². The third kappa shape index (κ3) is 7.14. The summed E-state index contributed by atoms with van der Waals surface area (Å²) in [6, 6.07) is 12.3. The third-order valence-corrected chi connectivity index (χ3v) is 14.4. The fourth-order valence-electron chi connectivity index (χ4n) is 9.92. The molecule has 5 aliphatic rings. The lowest BCUT2D eigenvalue weighted by Gasteiger charge is -2.54. The molecule has 4 aliphatic heterocycles. The van der Waals surface area contributed by atoms with Gasteiger partial charge in [-0.3, -0.25) is 43.7 Å². The molecule has 4 fully saturated rings. The fraction of sp³-hybridized carbons (Fsp3) is 0.409. The van der Waals surface area contributed by atoms with Gasteiger partial charge in [0, 0.05) is 93.0 Å². The molecular weight excluding hydrogens is 809 g/mol. The second kappa shape index (κ2) is 15.7. The highest BCUT2D eigenvalue weighted by Gasteiger charge is 2.47. The van der Waals surface area contributed by atoms with Gasteiger partial charge >= 0.3 is 0 Å². The molecule has 1 aliphatic carbocycles. The van der Waals surface area contributed by atoms with Gasteiger partial charge in [-0.1, -0.05) is 11.3 Å². The molecule has 0 bridgehead atoms. The number of hydrogen-bond donors (Lipinski definition) is 3. The number of carbonyl (C=O) groups is 5.